The fourth-order valence-electron chi connectivity index (χ4n) is 2.99. The summed E-state index contributed by atoms with van der Waals surface area (Å²) in [7, 11) is 0. The molecule has 1 aromatic rings. The van der Waals surface area contributed by atoms with Gasteiger partial charge in [-0.15, -0.1) is 0 Å². The van der Waals surface area contributed by atoms with Crippen LogP contribution in [0.1, 0.15) is 44.1 Å². The number of nitrogens with one attached hydrogen (secondary N) is 1. The number of carbonyl (C=O) groups is 1. The molecule has 1 amide bonds. The Morgan fingerprint density at radius 1 is 1.25 bits per heavy atom. The molecular formula is C17H25NO2. The molecule has 110 valence electrons. The van der Waals surface area contributed by atoms with Crippen molar-refractivity contribution >= 4 is 5.91 Å². The first-order valence-electron chi connectivity index (χ1n) is 7.72. The van der Waals surface area contributed by atoms with Gasteiger partial charge in [0.05, 0.1) is 12.6 Å². The van der Waals surface area contributed by atoms with Gasteiger partial charge in [0, 0.05) is 6.42 Å². The lowest BCUT2D eigenvalue weighted by Gasteiger charge is -2.17. The van der Waals surface area contributed by atoms with Gasteiger partial charge in [0.15, 0.2) is 0 Å². The molecule has 1 atom stereocenters. The second-order valence-corrected chi connectivity index (χ2v) is 5.83. The van der Waals surface area contributed by atoms with Crippen molar-refractivity contribution in [2.24, 2.45) is 5.92 Å². The Morgan fingerprint density at radius 2 is 1.95 bits per heavy atom. The lowest BCUT2D eigenvalue weighted by molar-refractivity contribution is -0.122. The van der Waals surface area contributed by atoms with E-state index in [9.17, 15) is 9.90 Å². The molecule has 1 aromatic carbocycles. The van der Waals surface area contributed by atoms with Gasteiger partial charge < -0.3 is 10.4 Å². The Balaban J connectivity index is 1.72. The molecule has 20 heavy (non-hydrogen) atoms. The molecular weight excluding hydrogens is 250 g/mol. The van der Waals surface area contributed by atoms with Crippen LogP contribution in [0.4, 0.5) is 0 Å². The third kappa shape index (κ3) is 4.97. The van der Waals surface area contributed by atoms with Crippen LogP contribution in [0.5, 0.6) is 0 Å². The molecule has 2 rings (SSSR count). The number of aliphatic hydroxyl groups excluding tert-OH is 1. The highest BCUT2D eigenvalue weighted by Gasteiger charge is 2.17. The highest BCUT2D eigenvalue weighted by Crippen LogP contribution is 2.28. The van der Waals surface area contributed by atoms with Crippen molar-refractivity contribution in [3.05, 3.63) is 35.9 Å². The van der Waals surface area contributed by atoms with Crippen LogP contribution in [0.15, 0.2) is 30.3 Å². The Hall–Kier alpha value is -1.35. The molecule has 0 bridgehead atoms. The molecule has 1 saturated carbocycles. The van der Waals surface area contributed by atoms with E-state index in [1.54, 1.807) is 0 Å². The van der Waals surface area contributed by atoms with Crippen molar-refractivity contribution in [1.29, 1.82) is 0 Å². The minimum Gasteiger partial charge on any atom is -0.394 e. The Labute approximate surface area is 121 Å². The van der Waals surface area contributed by atoms with Gasteiger partial charge in [0.2, 0.25) is 5.91 Å². The van der Waals surface area contributed by atoms with Gasteiger partial charge >= 0.3 is 0 Å². The predicted molar refractivity (Wildman–Crippen MR) is 80.4 cm³/mol. The number of rotatable bonds is 7. The summed E-state index contributed by atoms with van der Waals surface area (Å²) in [5, 5.41) is 12.4. The van der Waals surface area contributed by atoms with Crippen LogP contribution in [0.25, 0.3) is 0 Å². The molecule has 0 heterocycles. The van der Waals surface area contributed by atoms with E-state index in [-0.39, 0.29) is 18.6 Å². The number of amides is 1. The smallest absolute Gasteiger partial charge is 0.220 e. The summed E-state index contributed by atoms with van der Waals surface area (Å²) < 4.78 is 0. The van der Waals surface area contributed by atoms with Crippen LogP contribution in [0.3, 0.4) is 0 Å². The molecule has 1 aliphatic carbocycles. The van der Waals surface area contributed by atoms with Crippen LogP contribution in [0.2, 0.25) is 0 Å². The molecule has 0 spiro atoms. The average molecular weight is 275 g/mol. The van der Waals surface area contributed by atoms with E-state index in [0.29, 0.717) is 12.8 Å². The van der Waals surface area contributed by atoms with Crippen LogP contribution >= 0.6 is 0 Å². The molecule has 2 N–H and O–H groups in total. The highest BCUT2D eigenvalue weighted by atomic mass is 16.3. The molecule has 3 heteroatoms. The zero-order valence-corrected chi connectivity index (χ0v) is 12.1. The minimum atomic E-state index is -0.173. The van der Waals surface area contributed by atoms with Gasteiger partial charge in [-0.1, -0.05) is 56.0 Å². The van der Waals surface area contributed by atoms with Gasteiger partial charge in [-0.2, -0.15) is 0 Å². The van der Waals surface area contributed by atoms with Crippen molar-refractivity contribution < 1.29 is 9.90 Å². The van der Waals surface area contributed by atoms with E-state index in [4.69, 9.17) is 0 Å². The fraction of sp³-hybridized carbons (Fsp3) is 0.588. The van der Waals surface area contributed by atoms with E-state index >= 15 is 0 Å². The zero-order chi connectivity index (χ0) is 14.2. The van der Waals surface area contributed by atoms with Gasteiger partial charge in [0.25, 0.3) is 0 Å². The van der Waals surface area contributed by atoms with E-state index in [1.807, 2.05) is 30.3 Å². The van der Waals surface area contributed by atoms with Crippen molar-refractivity contribution in [3.63, 3.8) is 0 Å². The second-order valence-electron chi connectivity index (χ2n) is 5.83. The maximum atomic E-state index is 11.9. The SMILES string of the molecule is O=C(CCC1CCCC1)N[C@@H](CO)Cc1ccccc1. The summed E-state index contributed by atoms with van der Waals surface area (Å²) in [5.74, 6) is 0.814. The predicted octanol–water partition coefficient (Wildman–Crippen LogP) is 2.68. The first-order chi connectivity index (χ1) is 9.78. The van der Waals surface area contributed by atoms with Crippen molar-refractivity contribution in [1.82, 2.24) is 5.32 Å². The molecule has 0 saturated heterocycles. The van der Waals surface area contributed by atoms with Crippen LogP contribution in [-0.2, 0) is 11.2 Å². The summed E-state index contributed by atoms with van der Waals surface area (Å²) in [4.78, 5) is 11.9. The standard InChI is InChI=1S/C17H25NO2/c19-13-16(12-15-8-2-1-3-9-15)18-17(20)11-10-14-6-4-5-7-14/h1-3,8-9,14,16,19H,4-7,10-13H2,(H,18,20)/t16-/m1/s1. The molecule has 0 radical (unpaired) electrons. The van der Waals surface area contributed by atoms with Gasteiger partial charge in [0.1, 0.15) is 0 Å². The van der Waals surface area contributed by atoms with Crippen LogP contribution < -0.4 is 5.32 Å². The lowest BCUT2D eigenvalue weighted by atomic mass is 10.0. The molecule has 0 aromatic heterocycles. The summed E-state index contributed by atoms with van der Waals surface area (Å²) in [6.45, 7) is -0.00986. The number of carbonyl (C=O) groups excluding carboxylic acids is 1. The maximum absolute atomic E-state index is 11.9. The molecule has 3 nitrogen and oxygen atoms in total. The molecule has 0 unspecified atom stereocenters. The highest BCUT2D eigenvalue weighted by molar-refractivity contribution is 5.76. The largest absolute Gasteiger partial charge is 0.394 e. The minimum absolute atomic E-state index is 0.00986. The third-order valence-electron chi connectivity index (χ3n) is 4.16. The summed E-state index contributed by atoms with van der Waals surface area (Å²) >= 11 is 0. The summed E-state index contributed by atoms with van der Waals surface area (Å²) in [6.07, 6.45) is 7.47. The lowest BCUT2D eigenvalue weighted by Crippen LogP contribution is -2.39. The third-order valence-corrected chi connectivity index (χ3v) is 4.16. The van der Waals surface area contributed by atoms with E-state index in [1.165, 1.54) is 25.7 Å². The van der Waals surface area contributed by atoms with E-state index in [0.717, 1.165) is 17.9 Å². The maximum Gasteiger partial charge on any atom is 0.220 e. The van der Waals surface area contributed by atoms with Crippen molar-refractivity contribution in [3.8, 4) is 0 Å². The zero-order valence-electron chi connectivity index (χ0n) is 12.1. The number of aliphatic hydroxyl groups is 1. The van der Waals surface area contributed by atoms with Gasteiger partial charge in [-0.25, -0.2) is 0 Å². The number of hydrogen-bond acceptors (Lipinski definition) is 2. The topological polar surface area (TPSA) is 49.3 Å². The normalized spacial score (nSPS) is 17.1. The van der Waals surface area contributed by atoms with E-state index in [2.05, 4.69) is 5.32 Å². The van der Waals surface area contributed by atoms with Gasteiger partial charge in [-0.3, -0.25) is 4.79 Å². The van der Waals surface area contributed by atoms with Crippen LogP contribution in [-0.4, -0.2) is 23.7 Å². The Morgan fingerprint density at radius 3 is 2.60 bits per heavy atom. The fourth-order valence-corrected chi connectivity index (χ4v) is 2.99. The number of hydrogen-bond donors (Lipinski definition) is 2. The molecule has 1 fully saturated rings. The van der Waals surface area contributed by atoms with Crippen molar-refractivity contribution in [2.75, 3.05) is 6.61 Å². The Kier molecular flexibility index (Phi) is 6.06. The molecule has 0 aliphatic heterocycles. The monoisotopic (exact) mass is 275 g/mol. The summed E-state index contributed by atoms with van der Waals surface area (Å²) in [5.41, 5.74) is 1.14. The quantitative estimate of drug-likeness (QED) is 0.804. The number of benzene rings is 1. The van der Waals surface area contributed by atoms with Crippen molar-refractivity contribution in [2.45, 2.75) is 51.0 Å². The van der Waals surface area contributed by atoms with Crippen LogP contribution in [0, 0.1) is 5.92 Å². The Bertz CT molecular complexity index is 399. The summed E-state index contributed by atoms with van der Waals surface area (Å²) in [6, 6.07) is 9.80. The first-order valence-corrected chi connectivity index (χ1v) is 7.72. The second kappa shape index (κ2) is 8.05. The first kappa shape index (κ1) is 15.0. The van der Waals surface area contributed by atoms with Gasteiger partial charge in [-0.05, 0) is 24.3 Å². The average Bonchev–Trinajstić information content (AvgIpc) is 2.99. The van der Waals surface area contributed by atoms with E-state index < -0.39 is 0 Å². The molecule has 1 aliphatic rings.